The number of hydrogen-bond donors (Lipinski definition) is 4. The molecule has 9 rings (SSSR count). The number of aromatic nitrogens is 7. The Morgan fingerprint density at radius 2 is 1.69 bits per heavy atom. The molecule has 17 nitrogen and oxygen atoms in total. The summed E-state index contributed by atoms with van der Waals surface area (Å²) >= 11 is 0. The number of unbranched alkanes of at least 4 members (excludes halogenated alkanes) is 6. The normalized spacial score (nSPS) is 18.8. The maximum atomic E-state index is 14.3. The number of carbonyl (C=O) groups is 3. The van der Waals surface area contributed by atoms with Crippen LogP contribution in [0.3, 0.4) is 0 Å². The van der Waals surface area contributed by atoms with Crippen molar-refractivity contribution in [3.8, 4) is 11.1 Å². The van der Waals surface area contributed by atoms with Crippen LogP contribution >= 0.6 is 0 Å². The van der Waals surface area contributed by atoms with E-state index in [1.807, 2.05) is 30.3 Å². The number of halogens is 2. The van der Waals surface area contributed by atoms with Gasteiger partial charge in [0.1, 0.15) is 17.9 Å². The predicted molar refractivity (Wildman–Crippen MR) is 259 cm³/mol. The van der Waals surface area contributed by atoms with Gasteiger partial charge < -0.3 is 35.3 Å². The highest BCUT2D eigenvalue weighted by molar-refractivity contribution is 6.08. The number of nitrogens with zero attached hydrogens (tertiary/aromatic N) is 8. The minimum atomic E-state index is -2.85. The molecule has 0 spiro atoms. The number of carboxylic acid groups (broad SMARTS) is 1. The summed E-state index contributed by atoms with van der Waals surface area (Å²) in [5, 5.41) is 26.8. The molecule has 0 radical (unpaired) electrons. The van der Waals surface area contributed by atoms with E-state index in [2.05, 4.69) is 42.1 Å². The van der Waals surface area contributed by atoms with E-state index in [4.69, 9.17) is 14.8 Å². The summed E-state index contributed by atoms with van der Waals surface area (Å²) in [5.74, 6) is -0.848. The lowest BCUT2D eigenvalue weighted by Crippen LogP contribution is -2.37. The van der Waals surface area contributed by atoms with Gasteiger partial charge in [0.15, 0.2) is 11.3 Å². The second-order valence-electron chi connectivity index (χ2n) is 18.8. The molecule has 3 fully saturated rings. The molecule has 4 N–H and O–H groups in total. The van der Waals surface area contributed by atoms with E-state index in [0.29, 0.717) is 29.4 Å². The number of morpholine rings is 1. The number of pyridine rings is 2. The number of nitrogens with one attached hydrogen (secondary N) is 3. The Bertz CT molecular complexity index is 2840. The first-order valence-electron chi connectivity index (χ1n) is 24.4. The van der Waals surface area contributed by atoms with Gasteiger partial charge in [-0.1, -0.05) is 44.2 Å². The zero-order chi connectivity index (χ0) is 48.6. The van der Waals surface area contributed by atoms with Crippen LogP contribution in [0.5, 0.6) is 0 Å². The topological polar surface area (TPSA) is 203 Å². The fraction of sp³-hybridized carbons (Fsp3) is 0.451. The average molecular weight is 960 g/mol. The van der Waals surface area contributed by atoms with Gasteiger partial charge in [-0.25, -0.2) is 18.3 Å². The number of benzene rings is 1. The molecule has 70 heavy (non-hydrogen) atoms. The molecule has 1 aromatic carbocycles. The van der Waals surface area contributed by atoms with Crippen molar-refractivity contribution in [3.05, 3.63) is 118 Å². The smallest absolute Gasteiger partial charge is 0.323 e. The molecule has 2 saturated heterocycles. The van der Waals surface area contributed by atoms with E-state index in [9.17, 15) is 28.0 Å². The third kappa shape index (κ3) is 11.8. The molecule has 7 heterocycles. The summed E-state index contributed by atoms with van der Waals surface area (Å²) in [7, 11) is 0. The summed E-state index contributed by atoms with van der Waals surface area (Å²) in [6.07, 6.45) is 19.9. The van der Waals surface area contributed by atoms with Crippen molar-refractivity contribution in [1.82, 2.24) is 39.2 Å². The zero-order valence-corrected chi connectivity index (χ0v) is 39.0. The van der Waals surface area contributed by atoms with E-state index >= 15 is 0 Å². The first-order chi connectivity index (χ1) is 34.0. The summed E-state index contributed by atoms with van der Waals surface area (Å²) in [6.45, 7) is 2.75. The maximum absolute atomic E-state index is 14.3. The van der Waals surface area contributed by atoms with Crippen LogP contribution in [-0.4, -0.2) is 95.2 Å². The maximum Gasteiger partial charge on any atom is 0.323 e. The lowest BCUT2D eigenvalue weighted by molar-refractivity contribution is -0.137. The fourth-order valence-corrected chi connectivity index (χ4v) is 10.0. The first kappa shape index (κ1) is 48.2. The molecule has 2 bridgehead atoms. The highest BCUT2D eigenvalue weighted by atomic mass is 19.3. The second kappa shape index (κ2) is 22.3. The van der Waals surface area contributed by atoms with Crippen molar-refractivity contribution >= 4 is 40.6 Å². The Hall–Kier alpha value is -6.86. The van der Waals surface area contributed by atoms with Crippen LogP contribution in [0.1, 0.15) is 121 Å². The van der Waals surface area contributed by atoms with Crippen LogP contribution < -0.4 is 26.4 Å². The van der Waals surface area contributed by atoms with Gasteiger partial charge >= 0.3 is 5.97 Å². The first-order valence-corrected chi connectivity index (χ1v) is 24.4. The van der Waals surface area contributed by atoms with Crippen LogP contribution in [0, 0.1) is 5.92 Å². The van der Waals surface area contributed by atoms with Crippen LogP contribution in [0.2, 0.25) is 0 Å². The third-order valence-corrected chi connectivity index (χ3v) is 13.7. The highest BCUT2D eigenvalue weighted by Crippen LogP contribution is 2.36. The fourth-order valence-electron chi connectivity index (χ4n) is 10.0. The van der Waals surface area contributed by atoms with Crippen molar-refractivity contribution in [2.45, 2.75) is 115 Å². The van der Waals surface area contributed by atoms with Gasteiger partial charge in [-0.15, -0.1) is 0 Å². The van der Waals surface area contributed by atoms with Gasteiger partial charge in [0.2, 0.25) is 0 Å². The van der Waals surface area contributed by atoms with Crippen molar-refractivity contribution < 1.29 is 33.0 Å². The monoisotopic (exact) mass is 959 g/mol. The van der Waals surface area contributed by atoms with E-state index < -0.39 is 36.1 Å². The number of aryl methyl sites for hydroxylation is 1. The molecule has 6 aromatic rings. The number of hydrogen-bond acceptors (Lipinski definition) is 11. The number of carbonyl (C=O) groups excluding carboxylic acids is 2. The van der Waals surface area contributed by atoms with Gasteiger partial charge in [0, 0.05) is 54.7 Å². The number of alkyl halides is 2. The summed E-state index contributed by atoms with van der Waals surface area (Å²) < 4.78 is 38.4. The molecule has 2 atom stereocenters. The van der Waals surface area contributed by atoms with Crippen molar-refractivity contribution in [1.29, 1.82) is 0 Å². The van der Waals surface area contributed by atoms with E-state index in [1.54, 1.807) is 29.5 Å². The molecule has 1 saturated carbocycles. The number of rotatable bonds is 22. The quantitative estimate of drug-likeness (QED) is 0.0479. The molecule has 0 unspecified atom stereocenters. The molecular weight excluding hydrogens is 901 g/mol. The molecule has 3 aliphatic rings. The van der Waals surface area contributed by atoms with Crippen LogP contribution in [0.4, 0.5) is 26.0 Å². The Balaban J connectivity index is 0.671. The lowest BCUT2D eigenvalue weighted by Gasteiger charge is -2.29. The molecule has 1 aliphatic carbocycles. The Kier molecular flexibility index (Phi) is 15.3. The number of ether oxygens (including phenoxy) is 1. The SMILES string of the molecule is O=C(O)Cn1cc(NC(=O)c2cc(CCCCCCCCCNCC3CCC(n4cc(NC(=O)c5cnn6ccc(N7C[C@H]8C[C@@H]7CO8)nc56)c(C(F)F)n4)CC3)cc(-c3cccnc3)c2)ccc1=O. The van der Waals surface area contributed by atoms with E-state index in [-0.39, 0.29) is 35.3 Å². The second-order valence-corrected chi connectivity index (χ2v) is 18.8. The number of carboxylic acids is 1. The number of amides is 2. The van der Waals surface area contributed by atoms with Crippen molar-refractivity contribution in [2.24, 2.45) is 5.92 Å². The predicted octanol–water partition coefficient (Wildman–Crippen LogP) is 7.95. The minimum Gasteiger partial charge on any atom is -0.480 e. The number of aliphatic carboxylic acids is 1. The lowest BCUT2D eigenvalue weighted by atomic mass is 9.86. The Morgan fingerprint density at radius 3 is 2.43 bits per heavy atom. The van der Waals surface area contributed by atoms with E-state index in [1.165, 1.54) is 29.0 Å². The van der Waals surface area contributed by atoms with Gasteiger partial charge in [0.05, 0.1) is 42.4 Å². The highest BCUT2D eigenvalue weighted by Gasteiger charge is 2.40. The van der Waals surface area contributed by atoms with Crippen LogP contribution in [-0.2, 0) is 22.5 Å². The van der Waals surface area contributed by atoms with Gasteiger partial charge in [-0.3, -0.25) is 28.8 Å². The number of anilines is 3. The van der Waals surface area contributed by atoms with Gasteiger partial charge in [-0.2, -0.15) is 10.2 Å². The average Bonchev–Trinajstić information content (AvgIpc) is 4.19. The summed E-state index contributed by atoms with van der Waals surface area (Å²) in [5.41, 5.74) is 3.22. The zero-order valence-electron chi connectivity index (χ0n) is 39.0. The third-order valence-electron chi connectivity index (χ3n) is 13.7. The number of fused-ring (bicyclic) bond motifs is 3. The molecule has 2 amide bonds. The largest absolute Gasteiger partial charge is 0.480 e. The molecular formula is C51H59F2N11O6. The van der Waals surface area contributed by atoms with Gasteiger partial charge in [0.25, 0.3) is 23.8 Å². The standard InChI is InChI=1S/C51H59F2N11O6/c52-48(53)47-43(58-51(69)42-27-56-63-20-17-44(59-49(42)63)62-29-41-24-40(62)32-70-41)30-64(60-47)39-14-11-33(12-15-39)25-54-18-7-5-3-1-2-4-6-9-34-21-36(35-10-8-19-55-26-35)23-37(22-34)50(68)57-38-13-16-45(65)61(28-38)31-46(66)67/h8,10,13,16-17,19-23,26-28,30,33,39-41,48,54H,1-7,9,11-12,14-15,18,24-25,29,31-32H2,(H,57,68)(H,58,69)(H,66,67)/t33?,39?,40-,41-/m1/s1. The van der Waals surface area contributed by atoms with Crippen molar-refractivity contribution in [3.63, 3.8) is 0 Å². The summed E-state index contributed by atoms with van der Waals surface area (Å²) in [6, 6.07) is 14.4. The van der Waals surface area contributed by atoms with Crippen molar-refractivity contribution in [2.75, 3.05) is 41.8 Å². The Morgan fingerprint density at radius 1 is 0.871 bits per heavy atom. The Labute approximate surface area is 403 Å². The molecule has 2 aliphatic heterocycles. The van der Waals surface area contributed by atoms with Crippen LogP contribution in [0.15, 0.2) is 90.5 Å². The minimum absolute atomic E-state index is 0.00210. The summed E-state index contributed by atoms with van der Waals surface area (Å²) in [4.78, 5) is 61.4. The van der Waals surface area contributed by atoms with Gasteiger partial charge in [-0.05, 0) is 112 Å². The van der Waals surface area contributed by atoms with E-state index in [0.717, 1.165) is 130 Å². The molecule has 5 aromatic heterocycles. The van der Waals surface area contributed by atoms with Crippen LogP contribution in [0.25, 0.3) is 16.8 Å². The molecule has 368 valence electrons. The molecule has 19 heteroatoms.